The number of anilines is 2. The van der Waals surface area contributed by atoms with Crippen LogP contribution in [0.3, 0.4) is 0 Å². The van der Waals surface area contributed by atoms with Crippen LogP contribution in [0.5, 0.6) is 10.9 Å². The fourth-order valence-corrected chi connectivity index (χ4v) is 4.41. The fourth-order valence-electron chi connectivity index (χ4n) is 3.61. The number of aliphatic hydroxyl groups is 2. The molecular formula is C26H26ClN5O8S. The maximum absolute atomic E-state index is 13.4. The van der Waals surface area contributed by atoms with Crippen LogP contribution in [0.25, 0.3) is 0 Å². The predicted octanol–water partition coefficient (Wildman–Crippen LogP) is 2.60. The van der Waals surface area contributed by atoms with Gasteiger partial charge < -0.3 is 29.7 Å². The lowest BCUT2D eigenvalue weighted by molar-refractivity contribution is -0.0755. The van der Waals surface area contributed by atoms with E-state index in [9.17, 15) is 19.5 Å². The molecule has 0 fully saturated rings. The molecule has 4 rings (SSSR count). The number of carbonyl (C=O) groups is 1. The Labute approximate surface area is 242 Å². The molecule has 0 aliphatic heterocycles. The van der Waals surface area contributed by atoms with E-state index >= 15 is 0 Å². The summed E-state index contributed by atoms with van der Waals surface area (Å²) in [6.45, 7) is 0.475. The van der Waals surface area contributed by atoms with Crippen molar-refractivity contribution in [1.82, 2.24) is 19.1 Å². The Hall–Kier alpha value is -4.08. The number of halogens is 1. The molecule has 13 nitrogen and oxygen atoms in total. The summed E-state index contributed by atoms with van der Waals surface area (Å²) in [6.07, 6.45) is 0.384. The van der Waals surface area contributed by atoms with Crippen molar-refractivity contribution in [3.8, 4) is 10.9 Å². The predicted molar refractivity (Wildman–Crippen MR) is 150 cm³/mol. The van der Waals surface area contributed by atoms with E-state index in [4.69, 9.17) is 30.9 Å². The van der Waals surface area contributed by atoms with Crippen LogP contribution in [0.4, 0.5) is 11.6 Å². The van der Waals surface area contributed by atoms with Crippen LogP contribution in [0, 0.1) is 0 Å². The van der Waals surface area contributed by atoms with Gasteiger partial charge in [-0.25, -0.2) is 23.9 Å². The maximum Gasteiger partial charge on any atom is 0.355 e. The van der Waals surface area contributed by atoms with Crippen LogP contribution in [0.1, 0.15) is 22.2 Å². The number of aliphatic hydroxyl groups excluding tert-OH is 2. The van der Waals surface area contributed by atoms with Crippen LogP contribution in [-0.2, 0) is 22.6 Å². The van der Waals surface area contributed by atoms with Gasteiger partial charge in [-0.2, -0.15) is 4.98 Å². The molecular weight excluding hydrogens is 578 g/mol. The summed E-state index contributed by atoms with van der Waals surface area (Å²) in [5.74, 6) is -0.0741. The van der Waals surface area contributed by atoms with Crippen molar-refractivity contribution in [1.29, 1.82) is 0 Å². The molecule has 4 aromatic rings. The van der Waals surface area contributed by atoms with E-state index in [1.165, 1.54) is 10.8 Å². The molecule has 0 spiro atoms. The summed E-state index contributed by atoms with van der Waals surface area (Å²) in [4.78, 5) is 46.6. The molecule has 0 saturated carbocycles. The Kier molecular flexibility index (Phi) is 10.2. The first kappa shape index (κ1) is 29.9. The fraction of sp³-hybridized carbons (Fsp3) is 0.269. The molecule has 3 N–H and O–H groups in total. The highest BCUT2D eigenvalue weighted by atomic mass is 35.5. The SMILES string of the molecule is CCOC(=O)c1cnc(Oc2ccc(Nc3nc(=O)n(CC(CO)OCO)c(=O)n3Cc3ccc(Cl)cc3)cc2)s1. The second kappa shape index (κ2) is 14.0. The third-order valence-electron chi connectivity index (χ3n) is 5.58. The maximum atomic E-state index is 13.4. The van der Waals surface area contributed by atoms with Crippen LogP contribution >= 0.6 is 22.9 Å². The first-order valence-electron chi connectivity index (χ1n) is 12.3. The number of esters is 1. The van der Waals surface area contributed by atoms with Crippen molar-refractivity contribution < 1.29 is 29.2 Å². The van der Waals surface area contributed by atoms with E-state index < -0.39 is 36.9 Å². The zero-order valence-corrected chi connectivity index (χ0v) is 23.3. The van der Waals surface area contributed by atoms with Crippen molar-refractivity contribution in [2.45, 2.75) is 26.1 Å². The Bertz CT molecular complexity index is 1590. The topological polar surface area (TPSA) is 167 Å². The van der Waals surface area contributed by atoms with E-state index in [1.54, 1.807) is 55.5 Å². The van der Waals surface area contributed by atoms with Crippen LogP contribution in [0.15, 0.2) is 64.3 Å². The highest BCUT2D eigenvalue weighted by molar-refractivity contribution is 7.15. The molecule has 2 heterocycles. The molecule has 15 heteroatoms. The van der Waals surface area contributed by atoms with E-state index in [1.807, 2.05) is 0 Å². The van der Waals surface area contributed by atoms with Crippen molar-refractivity contribution in [3.63, 3.8) is 0 Å². The minimum Gasteiger partial charge on any atom is -0.462 e. The number of nitrogens with one attached hydrogen (secondary N) is 1. The van der Waals surface area contributed by atoms with Crippen LogP contribution in [0.2, 0.25) is 5.02 Å². The summed E-state index contributed by atoms with van der Waals surface area (Å²) in [5.41, 5.74) is -0.366. The lowest BCUT2D eigenvalue weighted by Gasteiger charge is -2.18. The number of nitrogens with zero attached hydrogens (tertiary/aromatic N) is 4. The van der Waals surface area contributed by atoms with E-state index in [0.29, 0.717) is 26.9 Å². The third-order valence-corrected chi connectivity index (χ3v) is 6.69. The highest BCUT2D eigenvalue weighted by Gasteiger charge is 2.18. The van der Waals surface area contributed by atoms with Gasteiger partial charge in [0.25, 0.3) is 5.19 Å². The van der Waals surface area contributed by atoms with Crippen molar-refractivity contribution in [2.75, 3.05) is 25.3 Å². The molecule has 2 aromatic carbocycles. The number of rotatable bonds is 13. The first-order valence-corrected chi connectivity index (χ1v) is 13.5. The van der Waals surface area contributed by atoms with E-state index in [0.717, 1.165) is 15.9 Å². The second-order valence-electron chi connectivity index (χ2n) is 8.39. The summed E-state index contributed by atoms with van der Waals surface area (Å²) in [7, 11) is 0. The van der Waals surface area contributed by atoms with Gasteiger partial charge in [-0.3, -0.25) is 4.57 Å². The molecule has 2 aromatic heterocycles. The number of carbonyl (C=O) groups excluding carboxylic acids is 1. The molecule has 0 bridgehead atoms. The van der Waals surface area contributed by atoms with Gasteiger partial charge in [0.1, 0.15) is 23.5 Å². The number of thiazole rings is 1. The molecule has 0 radical (unpaired) electrons. The minimum atomic E-state index is -0.992. The minimum absolute atomic E-state index is 0.0255. The average Bonchev–Trinajstić information content (AvgIpc) is 3.43. The molecule has 1 atom stereocenters. The Morgan fingerprint density at radius 2 is 1.83 bits per heavy atom. The number of hydrogen-bond donors (Lipinski definition) is 3. The highest BCUT2D eigenvalue weighted by Crippen LogP contribution is 2.28. The van der Waals surface area contributed by atoms with E-state index in [-0.39, 0.29) is 30.8 Å². The number of hydrogen-bond acceptors (Lipinski definition) is 12. The van der Waals surface area contributed by atoms with Gasteiger partial charge in [0.05, 0.1) is 32.5 Å². The largest absolute Gasteiger partial charge is 0.462 e. The molecule has 0 amide bonds. The zero-order chi connectivity index (χ0) is 29.4. The average molecular weight is 604 g/mol. The van der Waals surface area contributed by atoms with Gasteiger partial charge in [0, 0.05) is 10.7 Å². The monoisotopic (exact) mass is 603 g/mol. The molecule has 1 unspecified atom stereocenters. The smallest absolute Gasteiger partial charge is 0.355 e. The molecule has 216 valence electrons. The first-order chi connectivity index (χ1) is 19.8. The number of benzene rings is 2. The van der Waals surface area contributed by atoms with Crippen LogP contribution < -0.4 is 21.4 Å². The van der Waals surface area contributed by atoms with Gasteiger partial charge in [-0.1, -0.05) is 35.1 Å². The summed E-state index contributed by atoms with van der Waals surface area (Å²) in [5, 5.41) is 22.3. The number of ether oxygens (including phenoxy) is 3. The second-order valence-corrected chi connectivity index (χ2v) is 9.82. The Morgan fingerprint density at radius 3 is 2.49 bits per heavy atom. The molecule has 0 aliphatic rings. The third kappa shape index (κ3) is 7.77. The Balaban J connectivity index is 1.59. The molecule has 0 aliphatic carbocycles. The van der Waals surface area contributed by atoms with Gasteiger partial charge in [-0.05, 0) is 48.9 Å². The van der Waals surface area contributed by atoms with Crippen molar-refractivity contribution in [2.24, 2.45) is 0 Å². The van der Waals surface area contributed by atoms with E-state index in [2.05, 4.69) is 15.3 Å². The van der Waals surface area contributed by atoms with Gasteiger partial charge in [0.2, 0.25) is 5.95 Å². The molecule has 41 heavy (non-hydrogen) atoms. The van der Waals surface area contributed by atoms with Crippen molar-refractivity contribution in [3.05, 3.63) is 91.2 Å². The van der Waals surface area contributed by atoms with Crippen LogP contribution in [-0.4, -0.2) is 61.4 Å². The van der Waals surface area contributed by atoms with Gasteiger partial charge in [-0.15, -0.1) is 0 Å². The van der Waals surface area contributed by atoms with Crippen molar-refractivity contribution >= 4 is 40.5 Å². The zero-order valence-electron chi connectivity index (χ0n) is 21.7. The number of aromatic nitrogens is 4. The summed E-state index contributed by atoms with van der Waals surface area (Å²) in [6, 6.07) is 13.4. The van der Waals surface area contributed by atoms with Gasteiger partial charge in [0.15, 0.2) is 0 Å². The normalized spacial score (nSPS) is 11.7. The molecule has 0 saturated heterocycles. The summed E-state index contributed by atoms with van der Waals surface area (Å²) >= 11 is 7.04. The quantitative estimate of drug-likeness (QED) is 0.152. The standard InChI is InChI=1S/C26H26ClN5O8S/c1-2-38-22(35)21-11-28-25(41-21)40-19-9-7-18(8-10-19)29-23-30-24(36)32(13-20(14-33)39-15-34)26(37)31(23)12-16-3-5-17(27)6-4-16/h3-11,20,33-34H,2,12-15H2,1H3,(H,29,30,36). The lowest BCUT2D eigenvalue weighted by atomic mass is 10.2. The lowest BCUT2D eigenvalue weighted by Crippen LogP contribution is -2.45. The summed E-state index contributed by atoms with van der Waals surface area (Å²) < 4.78 is 17.7. The Morgan fingerprint density at radius 1 is 1.10 bits per heavy atom. The van der Waals surface area contributed by atoms with Gasteiger partial charge >= 0.3 is 17.3 Å².